The smallest absolute Gasteiger partial charge is 0.253 e. The quantitative estimate of drug-likeness (QED) is 0.868. The average Bonchev–Trinajstić information content (AvgIpc) is 3.10. The number of carbonyl (C=O) groups excluding carboxylic acids is 1. The SMILES string of the molecule is CN(C[C@@H]1COCCO1)C(=O)c1ccc(-c2nccs2)cc1. The molecular weight excluding hydrogens is 300 g/mol. The Balaban J connectivity index is 1.63. The molecule has 1 atom stereocenters. The second kappa shape index (κ2) is 7.00. The summed E-state index contributed by atoms with van der Waals surface area (Å²) in [5, 5.41) is 2.90. The van der Waals surface area contributed by atoms with E-state index in [1.807, 2.05) is 29.6 Å². The van der Waals surface area contributed by atoms with E-state index in [4.69, 9.17) is 9.47 Å². The first-order chi connectivity index (χ1) is 10.7. The number of carbonyl (C=O) groups is 1. The van der Waals surface area contributed by atoms with Gasteiger partial charge in [0.05, 0.1) is 25.9 Å². The predicted molar refractivity (Wildman–Crippen MR) is 85.1 cm³/mol. The molecule has 1 fully saturated rings. The van der Waals surface area contributed by atoms with E-state index in [2.05, 4.69) is 4.98 Å². The van der Waals surface area contributed by atoms with Crippen molar-refractivity contribution in [3.63, 3.8) is 0 Å². The molecule has 0 spiro atoms. The Bertz CT molecular complexity index is 607. The highest BCUT2D eigenvalue weighted by atomic mass is 32.1. The highest BCUT2D eigenvalue weighted by molar-refractivity contribution is 7.13. The van der Waals surface area contributed by atoms with Gasteiger partial charge in [-0.25, -0.2) is 4.98 Å². The van der Waals surface area contributed by atoms with Crippen molar-refractivity contribution in [2.24, 2.45) is 0 Å². The number of benzene rings is 1. The Kier molecular flexibility index (Phi) is 4.82. The minimum Gasteiger partial charge on any atom is -0.376 e. The van der Waals surface area contributed by atoms with Crippen LogP contribution in [-0.4, -0.2) is 55.3 Å². The lowest BCUT2D eigenvalue weighted by Gasteiger charge is -2.27. The summed E-state index contributed by atoms with van der Waals surface area (Å²) in [7, 11) is 1.79. The van der Waals surface area contributed by atoms with E-state index < -0.39 is 0 Å². The fourth-order valence-corrected chi connectivity index (χ4v) is 3.02. The predicted octanol–water partition coefficient (Wildman–Crippen LogP) is 2.30. The summed E-state index contributed by atoms with van der Waals surface area (Å²) in [6, 6.07) is 7.54. The molecule has 1 aliphatic rings. The van der Waals surface area contributed by atoms with Crippen molar-refractivity contribution in [3.05, 3.63) is 41.4 Å². The number of rotatable bonds is 4. The number of amides is 1. The van der Waals surface area contributed by atoms with Crippen LogP contribution in [0.1, 0.15) is 10.4 Å². The van der Waals surface area contributed by atoms with Crippen LogP contribution in [0, 0.1) is 0 Å². The van der Waals surface area contributed by atoms with E-state index in [1.165, 1.54) is 0 Å². The third-order valence-electron chi connectivity index (χ3n) is 3.52. The zero-order chi connectivity index (χ0) is 15.4. The fraction of sp³-hybridized carbons (Fsp3) is 0.375. The molecule has 1 aromatic carbocycles. The second-order valence-corrected chi connectivity index (χ2v) is 6.06. The molecule has 0 bridgehead atoms. The molecule has 2 heterocycles. The van der Waals surface area contributed by atoms with E-state index in [0.717, 1.165) is 10.6 Å². The maximum absolute atomic E-state index is 12.4. The number of thiazole rings is 1. The number of likely N-dealkylation sites (N-methyl/N-ethyl adjacent to an activating group) is 1. The molecule has 0 saturated carbocycles. The fourth-order valence-electron chi connectivity index (χ4n) is 2.37. The summed E-state index contributed by atoms with van der Waals surface area (Å²) in [4.78, 5) is 18.4. The summed E-state index contributed by atoms with van der Waals surface area (Å²) in [5.74, 6) is -0.0140. The lowest BCUT2D eigenvalue weighted by Crippen LogP contribution is -2.40. The maximum Gasteiger partial charge on any atom is 0.253 e. The van der Waals surface area contributed by atoms with Gasteiger partial charge in [0.1, 0.15) is 5.01 Å². The molecule has 3 rings (SSSR count). The van der Waals surface area contributed by atoms with Gasteiger partial charge in [-0.1, -0.05) is 12.1 Å². The van der Waals surface area contributed by atoms with E-state index in [0.29, 0.717) is 31.9 Å². The van der Waals surface area contributed by atoms with Crippen LogP contribution in [0.5, 0.6) is 0 Å². The van der Waals surface area contributed by atoms with Crippen LogP contribution in [-0.2, 0) is 9.47 Å². The molecule has 0 unspecified atom stereocenters. The average molecular weight is 318 g/mol. The largest absolute Gasteiger partial charge is 0.376 e. The number of hydrogen-bond acceptors (Lipinski definition) is 5. The lowest BCUT2D eigenvalue weighted by atomic mass is 10.1. The van der Waals surface area contributed by atoms with Crippen molar-refractivity contribution in [2.45, 2.75) is 6.10 Å². The van der Waals surface area contributed by atoms with Gasteiger partial charge in [0.25, 0.3) is 5.91 Å². The van der Waals surface area contributed by atoms with Crippen LogP contribution in [0.25, 0.3) is 10.6 Å². The van der Waals surface area contributed by atoms with Gasteiger partial charge in [0, 0.05) is 36.3 Å². The molecule has 0 aliphatic carbocycles. The topological polar surface area (TPSA) is 51.7 Å². The summed E-state index contributed by atoms with van der Waals surface area (Å²) >= 11 is 1.58. The van der Waals surface area contributed by atoms with E-state index in [-0.39, 0.29) is 12.0 Å². The van der Waals surface area contributed by atoms with Crippen molar-refractivity contribution in [2.75, 3.05) is 33.4 Å². The number of ether oxygens (including phenoxy) is 2. The van der Waals surface area contributed by atoms with Gasteiger partial charge in [-0.05, 0) is 12.1 Å². The minimum atomic E-state index is -0.0442. The van der Waals surface area contributed by atoms with Gasteiger partial charge in [-0.3, -0.25) is 4.79 Å². The molecule has 0 radical (unpaired) electrons. The number of hydrogen-bond donors (Lipinski definition) is 0. The van der Waals surface area contributed by atoms with Crippen molar-refractivity contribution >= 4 is 17.2 Å². The highest BCUT2D eigenvalue weighted by Gasteiger charge is 2.20. The van der Waals surface area contributed by atoms with Crippen LogP contribution in [0.4, 0.5) is 0 Å². The molecular formula is C16H18N2O3S. The summed E-state index contributed by atoms with van der Waals surface area (Å²) in [6.07, 6.45) is 1.73. The van der Waals surface area contributed by atoms with Crippen LogP contribution in [0.15, 0.2) is 35.8 Å². The van der Waals surface area contributed by atoms with Crippen molar-refractivity contribution in [1.82, 2.24) is 9.88 Å². The molecule has 0 N–H and O–H groups in total. The van der Waals surface area contributed by atoms with Crippen LogP contribution in [0.2, 0.25) is 0 Å². The first kappa shape index (κ1) is 15.1. The van der Waals surface area contributed by atoms with Crippen molar-refractivity contribution in [1.29, 1.82) is 0 Å². The minimum absolute atomic E-state index is 0.0140. The third kappa shape index (κ3) is 3.52. The first-order valence-electron chi connectivity index (χ1n) is 7.19. The van der Waals surface area contributed by atoms with E-state index in [9.17, 15) is 4.79 Å². The molecule has 22 heavy (non-hydrogen) atoms. The summed E-state index contributed by atoms with van der Waals surface area (Å²) in [6.45, 7) is 2.30. The van der Waals surface area contributed by atoms with Crippen molar-refractivity contribution < 1.29 is 14.3 Å². The van der Waals surface area contributed by atoms with Crippen LogP contribution in [0.3, 0.4) is 0 Å². The summed E-state index contributed by atoms with van der Waals surface area (Å²) < 4.78 is 10.9. The van der Waals surface area contributed by atoms with E-state index in [1.54, 1.807) is 29.5 Å². The standard InChI is InChI=1S/C16H18N2O3S/c1-18(10-14-11-20-7-8-21-14)16(19)13-4-2-12(3-5-13)15-17-6-9-22-15/h2-6,9,14H,7-8,10-11H2,1H3/t14-/m1/s1. The molecule has 2 aromatic rings. The van der Waals surface area contributed by atoms with Gasteiger partial charge < -0.3 is 14.4 Å². The Morgan fingerprint density at radius 3 is 2.82 bits per heavy atom. The zero-order valence-electron chi connectivity index (χ0n) is 12.4. The molecule has 5 nitrogen and oxygen atoms in total. The Hall–Kier alpha value is -1.76. The van der Waals surface area contributed by atoms with Crippen LogP contribution >= 0.6 is 11.3 Å². The molecule has 1 aromatic heterocycles. The normalized spacial score (nSPS) is 18.1. The maximum atomic E-state index is 12.4. The second-order valence-electron chi connectivity index (χ2n) is 5.17. The Morgan fingerprint density at radius 2 is 2.18 bits per heavy atom. The molecule has 6 heteroatoms. The lowest BCUT2D eigenvalue weighted by molar-refractivity contribution is -0.0933. The van der Waals surface area contributed by atoms with Gasteiger partial charge in [0.2, 0.25) is 0 Å². The third-order valence-corrected chi connectivity index (χ3v) is 4.34. The van der Waals surface area contributed by atoms with Gasteiger partial charge in [-0.2, -0.15) is 0 Å². The number of aromatic nitrogens is 1. The summed E-state index contributed by atoms with van der Waals surface area (Å²) in [5.41, 5.74) is 1.69. The molecule has 116 valence electrons. The first-order valence-corrected chi connectivity index (χ1v) is 8.07. The molecule has 1 aliphatic heterocycles. The Labute approximate surface area is 133 Å². The van der Waals surface area contributed by atoms with Gasteiger partial charge in [0.15, 0.2) is 0 Å². The number of nitrogens with zero attached hydrogens (tertiary/aromatic N) is 2. The van der Waals surface area contributed by atoms with Gasteiger partial charge >= 0.3 is 0 Å². The van der Waals surface area contributed by atoms with Gasteiger partial charge in [-0.15, -0.1) is 11.3 Å². The van der Waals surface area contributed by atoms with Crippen LogP contribution < -0.4 is 0 Å². The Morgan fingerprint density at radius 1 is 1.36 bits per heavy atom. The zero-order valence-corrected chi connectivity index (χ0v) is 13.2. The monoisotopic (exact) mass is 318 g/mol. The molecule has 1 saturated heterocycles. The van der Waals surface area contributed by atoms with E-state index >= 15 is 0 Å². The molecule has 1 amide bonds. The highest BCUT2D eigenvalue weighted by Crippen LogP contribution is 2.22. The van der Waals surface area contributed by atoms with Crippen molar-refractivity contribution in [3.8, 4) is 10.6 Å².